The molecule has 1 nitrogen and oxygen atoms in total. The predicted octanol–water partition coefficient (Wildman–Crippen LogP) is 2.76. The Kier molecular flexibility index (Phi) is 8.14. The molecule has 0 radical (unpaired) electrons. The molecule has 12 heavy (non-hydrogen) atoms. The SMILES string of the molecule is CCC(C)CSCCC(C)NC. The molecule has 2 heteroatoms. The molecular weight excluding hydrogens is 166 g/mol. The topological polar surface area (TPSA) is 12.0 Å². The van der Waals surface area contributed by atoms with E-state index in [1.54, 1.807) is 0 Å². The number of hydrogen-bond acceptors (Lipinski definition) is 2. The zero-order chi connectivity index (χ0) is 9.40. The average molecular weight is 189 g/mol. The van der Waals surface area contributed by atoms with Crippen molar-refractivity contribution in [1.29, 1.82) is 0 Å². The van der Waals surface area contributed by atoms with Crippen LogP contribution in [0.15, 0.2) is 0 Å². The van der Waals surface area contributed by atoms with Crippen molar-refractivity contribution in [2.24, 2.45) is 5.92 Å². The summed E-state index contributed by atoms with van der Waals surface area (Å²) in [4.78, 5) is 0. The van der Waals surface area contributed by atoms with Gasteiger partial charge in [0.1, 0.15) is 0 Å². The van der Waals surface area contributed by atoms with Crippen LogP contribution in [0.4, 0.5) is 0 Å². The first-order valence-corrected chi connectivity index (χ1v) is 6.11. The van der Waals surface area contributed by atoms with Crippen LogP contribution in [0.25, 0.3) is 0 Å². The van der Waals surface area contributed by atoms with Gasteiger partial charge < -0.3 is 5.32 Å². The van der Waals surface area contributed by atoms with Gasteiger partial charge in [0.05, 0.1) is 0 Å². The standard InChI is InChI=1S/C10H23NS/c1-5-9(2)8-12-7-6-10(3)11-4/h9-11H,5-8H2,1-4H3. The smallest absolute Gasteiger partial charge is 0.00435 e. The maximum atomic E-state index is 3.25. The van der Waals surface area contributed by atoms with Gasteiger partial charge in [0.15, 0.2) is 0 Å². The summed E-state index contributed by atoms with van der Waals surface area (Å²) in [5.41, 5.74) is 0. The average Bonchev–Trinajstić information content (AvgIpc) is 2.11. The minimum atomic E-state index is 0.675. The van der Waals surface area contributed by atoms with E-state index in [1.807, 2.05) is 7.05 Å². The van der Waals surface area contributed by atoms with Crippen LogP contribution in [-0.4, -0.2) is 24.6 Å². The van der Waals surface area contributed by atoms with E-state index in [9.17, 15) is 0 Å². The second-order valence-electron chi connectivity index (χ2n) is 3.57. The minimum absolute atomic E-state index is 0.675. The molecule has 0 rings (SSSR count). The molecule has 0 aromatic carbocycles. The zero-order valence-electron chi connectivity index (χ0n) is 8.89. The van der Waals surface area contributed by atoms with Crippen LogP contribution in [0.5, 0.6) is 0 Å². The van der Waals surface area contributed by atoms with Crippen LogP contribution < -0.4 is 5.32 Å². The van der Waals surface area contributed by atoms with E-state index in [4.69, 9.17) is 0 Å². The van der Waals surface area contributed by atoms with E-state index in [0.717, 1.165) is 5.92 Å². The first-order valence-electron chi connectivity index (χ1n) is 4.95. The second kappa shape index (κ2) is 7.93. The third-order valence-electron chi connectivity index (χ3n) is 2.29. The van der Waals surface area contributed by atoms with E-state index in [1.165, 1.54) is 24.3 Å². The van der Waals surface area contributed by atoms with Gasteiger partial charge in [0.2, 0.25) is 0 Å². The molecular formula is C10H23NS. The van der Waals surface area contributed by atoms with Crippen molar-refractivity contribution >= 4 is 11.8 Å². The van der Waals surface area contributed by atoms with Gasteiger partial charge in [-0.3, -0.25) is 0 Å². The molecule has 0 bridgehead atoms. The highest BCUT2D eigenvalue weighted by Gasteiger charge is 2.00. The van der Waals surface area contributed by atoms with Crippen LogP contribution in [0.1, 0.15) is 33.6 Å². The van der Waals surface area contributed by atoms with Crippen molar-refractivity contribution in [3.05, 3.63) is 0 Å². The van der Waals surface area contributed by atoms with Crippen molar-refractivity contribution in [3.63, 3.8) is 0 Å². The molecule has 0 heterocycles. The van der Waals surface area contributed by atoms with Crippen molar-refractivity contribution in [2.45, 2.75) is 39.7 Å². The number of rotatable bonds is 7. The van der Waals surface area contributed by atoms with Gasteiger partial charge in [-0.25, -0.2) is 0 Å². The Morgan fingerprint density at radius 2 is 2.00 bits per heavy atom. The summed E-state index contributed by atoms with van der Waals surface area (Å²) < 4.78 is 0. The Morgan fingerprint density at radius 3 is 2.50 bits per heavy atom. The lowest BCUT2D eigenvalue weighted by Crippen LogP contribution is -2.21. The lowest BCUT2D eigenvalue weighted by atomic mass is 10.2. The highest BCUT2D eigenvalue weighted by atomic mass is 32.2. The molecule has 2 atom stereocenters. The van der Waals surface area contributed by atoms with E-state index >= 15 is 0 Å². The summed E-state index contributed by atoms with van der Waals surface area (Å²) in [6.45, 7) is 6.83. The predicted molar refractivity (Wildman–Crippen MR) is 59.9 cm³/mol. The van der Waals surface area contributed by atoms with Gasteiger partial charge in [0, 0.05) is 6.04 Å². The first-order chi connectivity index (χ1) is 5.70. The van der Waals surface area contributed by atoms with Crippen molar-refractivity contribution in [2.75, 3.05) is 18.6 Å². The normalized spacial score (nSPS) is 16.0. The Balaban J connectivity index is 3.10. The van der Waals surface area contributed by atoms with Gasteiger partial charge in [-0.15, -0.1) is 0 Å². The zero-order valence-corrected chi connectivity index (χ0v) is 9.71. The maximum Gasteiger partial charge on any atom is 0.00435 e. The number of hydrogen-bond donors (Lipinski definition) is 1. The monoisotopic (exact) mass is 189 g/mol. The molecule has 74 valence electrons. The molecule has 0 fully saturated rings. The molecule has 0 aliphatic rings. The summed E-state index contributed by atoms with van der Waals surface area (Å²) in [5, 5.41) is 3.25. The second-order valence-corrected chi connectivity index (χ2v) is 4.72. The van der Waals surface area contributed by atoms with Gasteiger partial charge in [-0.05, 0) is 37.8 Å². The number of nitrogens with one attached hydrogen (secondary N) is 1. The fourth-order valence-electron chi connectivity index (χ4n) is 0.807. The van der Waals surface area contributed by atoms with Crippen molar-refractivity contribution < 1.29 is 0 Å². The summed E-state index contributed by atoms with van der Waals surface area (Å²) in [6.07, 6.45) is 2.60. The van der Waals surface area contributed by atoms with Crippen LogP contribution >= 0.6 is 11.8 Å². The molecule has 2 unspecified atom stereocenters. The lowest BCUT2D eigenvalue weighted by molar-refractivity contribution is 0.595. The molecule has 0 saturated heterocycles. The molecule has 0 spiro atoms. The summed E-state index contributed by atoms with van der Waals surface area (Å²) in [5.74, 6) is 3.51. The van der Waals surface area contributed by atoms with Gasteiger partial charge in [-0.1, -0.05) is 20.3 Å². The van der Waals surface area contributed by atoms with E-state index in [-0.39, 0.29) is 0 Å². The Labute approximate surface area is 81.7 Å². The Hall–Kier alpha value is 0.310. The third kappa shape index (κ3) is 6.99. The maximum absolute atomic E-state index is 3.25. The van der Waals surface area contributed by atoms with Crippen LogP contribution in [-0.2, 0) is 0 Å². The minimum Gasteiger partial charge on any atom is -0.317 e. The van der Waals surface area contributed by atoms with Gasteiger partial charge in [0.25, 0.3) is 0 Å². The highest BCUT2D eigenvalue weighted by molar-refractivity contribution is 7.99. The molecule has 0 amide bonds. The quantitative estimate of drug-likeness (QED) is 0.618. The summed E-state index contributed by atoms with van der Waals surface area (Å²) in [6, 6.07) is 0.675. The fourth-order valence-corrected chi connectivity index (χ4v) is 2.13. The van der Waals surface area contributed by atoms with E-state index < -0.39 is 0 Å². The summed E-state index contributed by atoms with van der Waals surface area (Å²) >= 11 is 2.09. The number of thioether (sulfide) groups is 1. The molecule has 0 aromatic rings. The summed E-state index contributed by atoms with van der Waals surface area (Å²) in [7, 11) is 2.03. The first kappa shape index (κ1) is 12.3. The van der Waals surface area contributed by atoms with Crippen LogP contribution in [0.3, 0.4) is 0 Å². The largest absolute Gasteiger partial charge is 0.317 e. The lowest BCUT2D eigenvalue weighted by Gasteiger charge is -2.11. The van der Waals surface area contributed by atoms with Crippen molar-refractivity contribution in [3.8, 4) is 0 Å². The van der Waals surface area contributed by atoms with E-state index in [2.05, 4.69) is 37.8 Å². The fraction of sp³-hybridized carbons (Fsp3) is 1.00. The molecule has 0 aliphatic heterocycles. The van der Waals surface area contributed by atoms with E-state index in [0.29, 0.717) is 6.04 Å². The highest BCUT2D eigenvalue weighted by Crippen LogP contribution is 2.12. The Morgan fingerprint density at radius 1 is 1.33 bits per heavy atom. The van der Waals surface area contributed by atoms with Crippen molar-refractivity contribution in [1.82, 2.24) is 5.32 Å². The Bertz CT molecular complexity index is 83.8. The molecule has 0 saturated carbocycles. The van der Waals surface area contributed by atoms with Gasteiger partial charge >= 0.3 is 0 Å². The van der Waals surface area contributed by atoms with Gasteiger partial charge in [-0.2, -0.15) is 11.8 Å². The molecule has 1 N–H and O–H groups in total. The van der Waals surface area contributed by atoms with Crippen LogP contribution in [0.2, 0.25) is 0 Å². The molecule has 0 aliphatic carbocycles. The third-order valence-corrected chi connectivity index (χ3v) is 3.62. The van der Waals surface area contributed by atoms with Crippen LogP contribution in [0, 0.1) is 5.92 Å². The molecule has 0 aromatic heterocycles.